The third kappa shape index (κ3) is 3.85. The lowest BCUT2D eigenvalue weighted by molar-refractivity contribution is -0.385. The van der Waals surface area contributed by atoms with Gasteiger partial charge in [-0.25, -0.2) is 4.98 Å². The number of hydrogen-bond donors (Lipinski definition) is 1. The highest BCUT2D eigenvalue weighted by atomic mass is 16.6. The highest BCUT2D eigenvalue weighted by molar-refractivity contribution is 5.61. The smallest absolute Gasteiger partial charge is 0.373 e. The molecule has 8 nitrogen and oxygen atoms in total. The maximum Gasteiger partial charge on any atom is 0.373 e. The first-order chi connectivity index (χ1) is 10.2. The van der Waals surface area contributed by atoms with E-state index in [1.165, 1.54) is 12.5 Å². The molecular formula is C13H15N5O3. The average Bonchev–Trinajstić information content (AvgIpc) is 2.48. The molecule has 1 N–H and O–H groups in total. The molecule has 0 saturated carbocycles. The van der Waals surface area contributed by atoms with Crippen LogP contribution in [0.3, 0.4) is 0 Å². The number of hydrogen-bond acceptors (Lipinski definition) is 7. The molecule has 0 bridgehead atoms. The summed E-state index contributed by atoms with van der Waals surface area (Å²) in [5.74, 6) is 0.420. The summed E-state index contributed by atoms with van der Waals surface area (Å²) in [7, 11) is 0. The predicted molar refractivity (Wildman–Crippen MR) is 76.4 cm³/mol. The molecule has 8 heteroatoms. The van der Waals surface area contributed by atoms with E-state index in [0.29, 0.717) is 12.3 Å². The van der Waals surface area contributed by atoms with Gasteiger partial charge >= 0.3 is 11.6 Å². The van der Waals surface area contributed by atoms with E-state index >= 15 is 0 Å². The number of nitrogens with zero attached hydrogens (tertiary/aromatic N) is 4. The molecule has 2 rings (SSSR count). The minimum Gasteiger partial charge on any atom is -0.432 e. The van der Waals surface area contributed by atoms with E-state index in [4.69, 9.17) is 4.74 Å². The Balaban J connectivity index is 2.28. The molecule has 0 amide bonds. The van der Waals surface area contributed by atoms with Gasteiger partial charge in [-0.05, 0) is 18.6 Å². The SMILES string of the molecule is CCCCNc1ncnc(Oc2cccnc2)c1[N+](=O)[O-]. The number of pyridine rings is 1. The molecule has 0 unspecified atom stereocenters. The number of aromatic nitrogens is 3. The van der Waals surface area contributed by atoms with E-state index in [0.717, 1.165) is 12.8 Å². The van der Waals surface area contributed by atoms with Gasteiger partial charge in [0.15, 0.2) is 0 Å². The van der Waals surface area contributed by atoms with Gasteiger partial charge in [-0.3, -0.25) is 15.1 Å². The van der Waals surface area contributed by atoms with Crippen LogP contribution < -0.4 is 10.1 Å². The summed E-state index contributed by atoms with van der Waals surface area (Å²) >= 11 is 0. The lowest BCUT2D eigenvalue weighted by Gasteiger charge is -2.08. The quantitative estimate of drug-likeness (QED) is 0.475. The largest absolute Gasteiger partial charge is 0.432 e. The van der Waals surface area contributed by atoms with Gasteiger partial charge in [0.05, 0.1) is 11.1 Å². The van der Waals surface area contributed by atoms with Gasteiger partial charge in [0.1, 0.15) is 12.1 Å². The van der Waals surface area contributed by atoms with E-state index in [1.807, 2.05) is 6.92 Å². The average molecular weight is 289 g/mol. The molecule has 2 aromatic heterocycles. The third-order valence-corrected chi connectivity index (χ3v) is 2.64. The molecule has 110 valence electrons. The van der Waals surface area contributed by atoms with E-state index in [2.05, 4.69) is 20.3 Å². The van der Waals surface area contributed by atoms with E-state index in [9.17, 15) is 10.1 Å². The predicted octanol–water partition coefficient (Wildman–Crippen LogP) is 2.78. The Morgan fingerprint density at radius 2 is 2.29 bits per heavy atom. The molecule has 0 spiro atoms. The number of ether oxygens (including phenoxy) is 1. The van der Waals surface area contributed by atoms with Crippen molar-refractivity contribution in [1.82, 2.24) is 15.0 Å². The van der Waals surface area contributed by atoms with Crippen LogP contribution in [0.5, 0.6) is 11.6 Å². The zero-order chi connectivity index (χ0) is 15.1. The van der Waals surface area contributed by atoms with Gasteiger partial charge in [-0.2, -0.15) is 4.98 Å². The van der Waals surface area contributed by atoms with Gasteiger partial charge in [0, 0.05) is 12.7 Å². The molecule has 0 aliphatic rings. The van der Waals surface area contributed by atoms with Gasteiger partial charge in [0.2, 0.25) is 5.82 Å². The fraction of sp³-hybridized carbons (Fsp3) is 0.308. The zero-order valence-corrected chi connectivity index (χ0v) is 11.5. The van der Waals surface area contributed by atoms with Gasteiger partial charge in [-0.15, -0.1) is 0 Å². The van der Waals surface area contributed by atoms with Crippen LogP contribution >= 0.6 is 0 Å². The second kappa shape index (κ2) is 7.13. The lowest BCUT2D eigenvalue weighted by Crippen LogP contribution is -2.08. The van der Waals surface area contributed by atoms with Crippen molar-refractivity contribution in [1.29, 1.82) is 0 Å². The van der Waals surface area contributed by atoms with Crippen molar-refractivity contribution < 1.29 is 9.66 Å². The van der Waals surface area contributed by atoms with Gasteiger partial charge in [-0.1, -0.05) is 13.3 Å². The molecule has 0 aliphatic heterocycles. The van der Waals surface area contributed by atoms with Crippen LogP contribution in [0, 0.1) is 10.1 Å². The Morgan fingerprint density at radius 1 is 1.43 bits per heavy atom. The van der Waals surface area contributed by atoms with E-state index < -0.39 is 4.92 Å². The summed E-state index contributed by atoms with van der Waals surface area (Å²) < 4.78 is 5.42. The number of unbranched alkanes of at least 4 members (excludes halogenated alkanes) is 1. The molecule has 2 heterocycles. The summed E-state index contributed by atoms with van der Waals surface area (Å²) in [6.45, 7) is 2.63. The van der Waals surface area contributed by atoms with Gasteiger partial charge in [0.25, 0.3) is 0 Å². The third-order valence-electron chi connectivity index (χ3n) is 2.64. The number of rotatable bonds is 7. The van der Waals surface area contributed by atoms with E-state index in [-0.39, 0.29) is 17.4 Å². The van der Waals surface area contributed by atoms with Gasteiger partial charge < -0.3 is 10.1 Å². The van der Waals surface area contributed by atoms with Crippen molar-refractivity contribution in [2.75, 3.05) is 11.9 Å². The van der Waals surface area contributed by atoms with Crippen molar-refractivity contribution in [3.8, 4) is 11.6 Å². The first kappa shape index (κ1) is 14.6. The van der Waals surface area contributed by atoms with E-state index in [1.54, 1.807) is 18.3 Å². The zero-order valence-electron chi connectivity index (χ0n) is 11.5. The molecule has 2 aromatic rings. The standard InChI is InChI=1S/C13H15N5O3/c1-2-3-7-15-12-11(18(19)20)13(17-9-16-12)21-10-5-4-6-14-8-10/h4-6,8-9H,2-3,7H2,1H3,(H,15,16,17). The Bertz CT molecular complexity index is 606. The van der Waals surface area contributed by atoms with Crippen LogP contribution in [0.1, 0.15) is 19.8 Å². The molecule has 0 fully saturated rings. The molecule has 0 aromatic carbocycles. The van der Waals surface area contributed by atoms with Crippen molar-refractivity contribution in [3.63, 3.8) is 0 Å². The maximum atomic E-state index is 11.3. The number of nitrogens with one attached hydrogen (secondary N) is 1. The first-order valence-electron chi connectivity index (χ1n) is 6.53. The van der Waals surface area contributed by atoms with Crippen molar-refractivity contribution in [2.24, 2.45) is 0 Å². The second-order valence-electron chi connectivity index (χ2n) is 4.20. The summed E-state index contributed by atoms with van der Waals surface area (Å²) in [6, 6.07) is 3.31. The summed E-state index contributed by atoms with van der Waals surface area (Å²) in [5.41, 5.74) is -0.280. The highest BCUT2D eigenvalue weighted by Gasteiger charge is 2.24. The molecule has 0 radical (unpaired) electrons. The number of anilines is 1. The Hall–Kier alpha value is -2.77. The van der Waals surface area contributed by atoms with Crippen LogP contribution in [-0.4, -0.2) is 26.4 Å². The Morgan fingerprint density at radius 3 is 2.95 bits per heavy atom. The lowest BCUT2D eigenvalue weighted by atomic mass is 10.3. The van der Waals surface area contributed by atoms with Crippen molar-refractivity contribution in [2.45, 2.75) is 19.8 Å². The Kier molecular flexibility index (Phi) is 4.97. The van der Waals surface area contributed by atoms with Crippen LogP contribution in [-0.2, 0) is 0 Å². The summed E-state index contributed by atoms with van der Waals surface area (Å²) in [5, 5.41) is 14.2. The molecular weight excluding hydrogens is 274 g/mol. The fourth-order valence-electron chi connectivity index (χ4n) is 1.63. The fourth-order valence-corrected chi connectivity index (χ4v) is 1.63. The summed E-state index contributed by atoms with van der Waals surface area (Å²) in [6.07, 6.45) is 6.13. The maximum absolute atomic E-state index is 11.3. The first-order valence-corrected chi connectivity index (χ1v) is 6.53. The minimum absolute atomic E-state index is 0.109. The van der Waals surface area contributed by atoms with Crippen molar-refractivity contribution in [3.05, 3.63) is 41.0 Å². The van der Waals surface area contributed by atoms with Crippen LogP contribution in [0.2, 0.25) is 0 Å². The van der Waals surface area contributed by atoms with Crippen LogP contribution in [0.4, 0.5) is 11.5 Å². The topological polar surface area (TPSA) is 103 Å². The monoisotopic (exact) mass is 289 g/mol. The minimum atomic E-state index is -0.556. The number of nitro groups is 1. The molecule has 0 atom stereocenters. The summed E-state index contributed by atoms with van der Waals surface area (Å²) in [4.78, 5) is 22.3. The molecule has 21 heavy (non-hydrogen) atoms. The Labute approximate surface area is 121 Å². The highest BCUT2D eigenvalue weighted by Crippen LogP contribution is 2.33. The van der Waals surface area contributed by atoms with Crippen LogP contribution in [0.15, 0.2) is 30.9 Å². The molecule has 0 saturated heterocycles. The van der Waals surface area contributed by atoms with Crippen LogP contribution in [0.25, 0.3) is 0 Å². The molecule has 0 aliphatic carbocycles. The second-order valence-corrected chi connectivity index (χ2v) is 4.20. The van der Waals surface area contributed by atoms with Crippen molar-refractivity contribution >= 4 is 11.5 Å². The normalized spacial score (nSPS) is 10.1.